The van der Waals surface area contributed by atoms with E-state index >= 15 is 0 Å². The van der Waals surface area contributed by atoms with Crippen molar-refractivity contribution in [3.05, 3.63) is 63.1 Å². The molecule has 0 N–H and O–H groups in total. The molecule has 0 aromatic heterocycles. The molecule has 0 saturated carbocycles. The van der Waals surface area contributed by atoms with E-state index in [1.165, 1.54) is 7.11 Å². The van der Waals surface area contributed by atoms with Gasteiger partial charge in [-0.05, 0) is 43.4 Å². The van der Waals surface area contributed by atoms with Crippen LogP contribution in [-0.4, -0.2) is 18.7 Å². The Morgan fingerprint density at radius 3 is 2.50 bits per heavy atom. The van der Waals surface area contributed by atoms with Crippen molar-refractivity contribution in [3.63, 3.8) is 0 Å². The Kier molecular flexibility index (Phi) is 5.40. The number of Topliss-reactive ketones (excluding diaryl/α,β-unsaturated/α-hetero) is 2. The van der Waals surface area contributed by atoms with Crippen molar-refractivity contribution < 1.29 is 14.3 Å². The maximum Gasteiger partial charge on any atom is 0.171 e. The second kappa shape index (κ2) is 7.42. The topological polar surface area (TPSA) is 43.4 Å². The average Bonchev–Trinajstić information content (AvgIpc) is 2.89. The highest BCUT2D eigenvalue weighted by Gasteiger charge is 2.47. The van der Waals surface area contributed by atoms with Gasteiger partial charge in [-0.2, -0.15) is 0 Å². The Bertz CT molecular complexity index is 861. The largest absolute Gasteiger partial charge is 0.495 e. The van der Waals surface area contributed by atoms with Crippen LogP contribution in [0.4, 0.5) is 0 Å². The summed E-state index contributed by atoms with van der Waals surface area (Å²) in [6.45, 7) is 1.55. The molecule has 0 fully saturated rings. The Labute approximate surface area is 163 Å². The predicted octanol–water partition coefficient (Wildman–Crippen LogP) is 5.34. The van der Waals surface area contributed by atoms with Crippen molar-refractivity contribution in [2.45, 2.75) is 32.6 Å². The lowest BCUT2D eigenvalue weighted by Crippen LogP contribution is -2.31. The lowest BCUT2D eigenvalue weighted by atomic mass is 9.74. The standard InChI is InChI=1S/C21H20Cl2O3/c1-13(24)8-9-21(11-14-6-4-3-5-7-14)12-15-10-16(26-2)18(22)19(23)17(15)20(21)25/h3-7,10H,8-9,11-12H2,1-2H3. The van der Waals surface area contributed by atoms with Crippen LogP contribution < -0.4 is 4.74 Å². The molecule has 2 aromatic carbocycles. The fraction of sp³-hybridized carbons (Fsp3) is 0.333. The lowest BCUT2D eigenvalue weighted by Gasteiger charge is -2.27. The molecule has 1 unspecified atom stereocenters. The molecular weight excluding hydrogens is 371 g/mol. The highest BCUT2D eigenvalue weighted by molar-refractivity contribution is 6.45. The number of ketones is 2. The van der Waals surface area contributed by atoms with Crippen LogP contribution in [0.2, 0.25) is 10.0 Å². The zero-order valence-corrected chi connectivity index (χ0v) is 16.3. The fourth-order valence-electron chi connectivity index (χ4n) is 3.73. The number of hydrogen-bond acceptors (Lipinski definition) is 3. The van der Waals surface area contributed by atoms with Gasteiger partial charge in [0, 0.05) is 17.4 Å². The van der Waals surface area contributed by atoms with E-state index < -0.39 is 5.41 Å². The highest BCUT2D eigenvalue weighted by atomic mass is 35.5. The molecule has 1 aliphatic carbocycles. The fourth-order valence-corrected chi connectivity index (χ4v) is 4.26. The minimum absolute atomic E-state index is 0.0350. The Balaban J connectivity index is 2.06. The SMILES string of the molecule is COc1cc2c(c(Cl)c1Cl)C(=O)C(CCC(C)=O)(Cc1ccccc1)C2. The quantitative estimate of drug-likeness (QED) is 0.668. The summed E-state index contributed by atoms with van der Waals surface area (Å²) in [7, 11) is 1.52. The van der Waals surface area contributed by atoms with Gasteiger partial charge in [0.05, 0.1) is 12.1 Å². The molecule has 136 valence electrons. The number of carbonyl (C=O) groups is 2. The van der Waals surface area contributed by atoms with Crippen LogP contribution in [0, 0.1) is 5.41 Å². The number of hydrogen-bond donors (Lipinski definition) is 0. The predicted molar refractivity (Wildman–Crippen MR) is 104 cm³/mol. The summed E-state index contributed by atoms with van der Waals surface area (Å²) in [6, 6.07) is 11.6. The first-order chi connectivity index (χ1) is 12.4. The third-order valence-corrected chi connectivity index (χ3v) is 5.90. The van der Waals surface area contributed by atoms with E-state index in [0.717, 1.165) is 11.1 Å². The molecule has 26 heavy (non-hydrogen) atoms. The molecule has 1 atom stereocenters. The minimum atomic E-state index is -0.686. The summed E-state index contributed by atoms with van der Waals surface area (Å²) in [5, 5.41) is 0.493. The molecule has 3 nitrogen and oxygen atoms in total. The lowest BCUT2D eigenvalue weighted by molar-refractivity contribution is -0.117. The third-order valence-electron chi connectivity index (χ3n) is 5.05. The van der Waals surface area contributed by atoms with E-state index in [2.05, 4.69) is 0 Å². The number of fused-ring (bicyclic) bond motifs is 1. The Hall–Kier alpha value is -1.84. The van der Waals surface area contributed by atoms with Gasteiger partial charge >= 0.3 is 0 Å². The van der Waals surface area contributed by atoms with Gasteiger partial charge in [0.25, 0.3) is 0 Å². The molecule has 0 amide bonds. The van der Waals surface area contributed by atoms with Gasteiger partial charge in [0.1, 0.15) is 16.6 Å². The van der Waals surface area contributed by atoms with Gasteiger partial charge < -0.3 is 9.53 Å². The monoisotopic (exact) mass is 390 g/mol. The van der Waals surface area contributed by atoms with E-state index in [4.69, 9.17) is 27.9 Å². The van der Waals surface area contributed by atoms with Crippen molar-refractivity contribution in [3.8, 4) is 5.75 Å². The molecule has 0 spiro atoms. The second-order valence-corrected chi connectivity index (χ2v) is 7.65. The molecular formula is C21H20Cl2O3. The first kappa shape index (κ1) is 18.9. The smallest absolute Gasteiger partial charge is 0.171 e. The second-order valence-electron chi connectivity index (χ2n) is 6.89. The van der Waals surface area contributed by atoms with E-state index in [-0.39, 0.29) is 21.6 Å². The van der Waals surface area contributed by atoms with Gasteiger partial charge in [-0.3, -0.25) is 4.79 Å². The molecule has 1 aliphatic rings. The maximum atomic E-state index is 13.4. The third kappa shape index (κ3) is 3.38. The van der Waals surface area contributed by atoms with Gasteiger partial charge in [0.2, 0.25) is 0 Å². The number of carbonyl (C=O) groups excluding carboxylic acids is 2. The van der Waals surface area contributed by atoms with Gasteiger partial charge in [0.15, 0.2) is 5.78 Å². The van der Waals surface area contributed by atoms with Crippen molar-refractivity contribution in [1.82, 2.24) is 0 Å². The molecule has 0 aliphatic heterocycles. The molecule has 0 heterocycles. The molecule has 5 heteroatoms. The van der Waals surface area contributed by atoms with Crippen LogP contribution in [0.15, 0.2) is 36.4 Å². The minimum Gasteiger partial charge on any atom is -0.495 e. The van der Waals surface area contributed by atoms with Crippen molar-refractivity contribution in [2.24, 2.45) is 5.41 Å². The van der Waals surface area contributed by atoms with Crippen LogP contribution >= 0.6 is 23.2 Å². The first-order valence-electron chi connectivity index (χ1n) is 8.51. The van der Waals surface area contributed by atoms with E-state index in [1.807, 2.05) is 30.3 Å². The van der Waals surface area contributed by atoms with Gasteiger partial charge in [-0.15, -0.1) is 0 Å². The zero-order valence-electron chi connectivity index (χ0n) is 14.8. The molecule has 0 bridgehead atoms. The van der Waals surface area contributed by atoms with Crippen molar-refractivity contribution >= 4 is 34.8 Å². The number of halogens is 2. The summed E-state index contributed by atoms with van der Waals surface area (Å²) in [5.74, 6) is 0.500. The number of rotatable bonds is 6. The van der Waals surface area contributed by atoms with Gasteiger partial charge in [-0.1, -0.05) is 53.5 Å². The molecule has 0 saturated heterocycles. The zero-order chi connectivity index (χ0) is 18.9. The molecule has 3 rings (SSSR count). The van der Waals surface area contributed by atoms with Crippen LogP contribution in [-0.2, 0) is 17.6 Å². The van der Waals surface area contributed by atoms with Gasteiger partial charge in [-0.25, -0.2) is 0 Å². The van der Waals surface area contributed by atoms with Crippen molar-refractivity contribution in [1.29, 1.82) is 0 Å². The van der Waals surface area contributed by atoms with E-state index in [1.54, 1.807) is 13.0 Å². The number of ether oxygens (including phenoxy) is 1. The van der Waals surface area contributed by atoms with Crippen molar-refractivity contribution in [2.75, 3.05) is 7.11 Å². The Morgan fingerprint density at radius 1 is 1.19 bits per heavy atom. The first-order valence-corrected chi connectivity index (χ1v) is 9.26. The number of benzene rings is 2. The average molecular weight is 391 g/mol. The van der Waals surface area contributed by atoms with E-state index in [0.29, 0.717) is 37.0 Å². The summed E-state index contributed by atoms with van der Waals surface area (Å²) in [6.07, 6.45) is 1.93. The summed E-state index contributed by atoms with van der Waals surface area (Å²) in [4.78, 5) is 25.0. The van der Waals surface area contributed by atoms with Crippen LogP contribution in [0.3, 0.4) is 0 Å². The normalized spacial score (nSPS) is 18.7. The number of methoxy groups -OCH3 is 1. The molecule has 2 aromatic rings. The summed E-state index contributed by atoms with van der Waals surface area (Å²) >= 11 is 12.7. The molecule has 0 radical (unpaired) electrons. The summed E-state index contributed by atoms with van der Waals surface area (Å²) < 4.78 is 5.29. The van der Waals surface area contributed by atoms with Crippen LogP contribution in [0.25, 0.3) is 0 Å². The van der Waals surface area contributed by atoms with Crippen LogP contribution in [0.5, 0.6) is 5.75 Å². The maximum absolute atomic E-state index is 13.4. The Morgan fingerprint density at radius 2 is 1.88 bits per heavy atom. The van der Waals surface area contributed by atoms with Crippen LogP contribution in [0.1, 0.15) is 41.3 Å². The highest BCUT2D eigenvalue weighted by Crippen LogP contribution is 2.49. The summed E-state index contributed by atoms with van der Waals surface area (Å²) in [5.41, 5.74) is 1.68. The van der Waals surface area contributed by atoms with E-state index in [9.17, 15) is 9.59 Å².